The first kappa shape index (κ1) is 23.6. The Balaban J connectivity index is 1.63. The number of methoxy groups -OCH3 is 1. The van der Waals surface area contributed by atoms with E-state index in [0.29, 0.717) is 17.4 Å². The number of furan rings is 1. The molecule has 1 saturated heterocycles. The molecular formula is C26H25N5O4S. The summed E-state index contributed by atoms with van der Waals surface area (Å²) in [5.41, 5.74) is 4.58. The monoisotopic (exact) mass is 503 g/mol. The van der Waals surface area contributed by atoms with Crippen molar-refractivity contribution in [3.8, 4) is 11.4 Å². The van der Waals surface area contributed by atoms with Gasteiger partial charge in [0.1, 0.15) is 11.5 Å². The molecule has 3 aromatic heterocycles. The van der Waals surface area contributed by atoms with Gasteiger partial charge >= 0.3 is 0 Å². The van der Waals surface area contributed by atoms with Crippen LogP contribution in [0.2, 0.25) is 0 Å². The average Bonchev–Trinajstić information content (AvgIpc) is 3.58. The van der Waals surface area contributed by atoms with E-state index in [0.717, 1.165) is 34.1 Å². The van der Waals surface area contributed by atoms with Gasteiger partial charge in [-0.25, -0.2) is 0 Å². The summed E-state index contributed by atoms with van der Waals surface area (Å²) in [6.45, 7) is 4.53. The topological polar surface area (TPSA) is 98.6 Å². The van der Waals surface area contributed by atoms with Crippen molar-refractivity contribution in [2.45, 2.75) is 32.5 Å². The van der Waals surface area contributed by atoms with E-state index >= 15 is 0 Å². The maximum absolute atomic E-state index is 11.3. The first-order chi connectivity index (χ1) is 17.4. The largest absolute Gasteiger partial charge is 0.494 e. The van der Waals surface area contributed by atoms with Crippen LogP contribution in [0, 0.1) is 24.0 Å². The minimum Gasteiger partial charge on any atom is -0.494 e. The summed E-state index contributed by atoms with van der Waals surface area (Å²) >= 11 is 5.78. The molecule has 1 N–H and O–H groups in total. The standard InChI is InChI=1S/C26H25N5O4S/c1-16-13-20(17(2)30(16)22-10-9-18(31(32)33)14-23(22)34-3)25-24(21-8-4-5-11-27-21)28-26(36)29(25)15-19-7-6-12-35-19/h4-14,24-25H,15H2,1-3H3,(H,28,36)/t24-,25-/m1/s1. The van der Waals surface area contributed by atoms with Crippen molar-refractivity contribution in [2.75, 3.05) is 7.11 Å². The van der Waals surface area contributed by atoms with Crippen LogP contribution in [0.25, 0.3) is 5.69 Å². The zero-order valence-corrected chi connectivity index (χ0v) is 20.9. The molecule has 184 valence electrons. The molecule has 1 fully saturated rings. The Bertz CT molecular complexity index is 1420. The molecule has 0 amide bonds. The lowest BCUT2D eigenvalue weighted by Gasteiger charge is -2.27. The maximum Gasteiger partial charge on any atom is 0.273 e. The third-order valence-corrected chi connectivity index (χ3v) is 6.86. The molecule has 36 heavy (non-hydrogen) atoms. The third-order valence-electron chi connectivity index (χ3n) is 6.51. The van der Waals surface area contributed by atoms with Gasteiger partial charge in [-0.1, -0.05) is 6.07 Å². The molecule has 1 aromatic carbocycles. The summed E-state index contributed by atoms with van der Waals surface area (Å²) in [4.78, 5) is 17.6. The molecule has 1 aliphatic rings. The number of benzene rings is 1. The van der Waals surface area contributed by atoms with E-state index in [1.54, 1.807) is 18.5 Å². The summed E-state index contributed by atoms with van der Waals surface area (Å²) < 4.78 is 13.2. The molecule has 4 heterocycles. The number of pyridine rings is 1. The molecule has 0 spiro atoms. The van der Waals surface area contributed by atoms with Gasteiger partial charge in [-0.2, -0.15) is 0 Å². The number of nitrogens with one attached hydrogen (secondary N) is 1. The van der Waals surface area contributed by atoms with Gasteiger partial charge in [0.25, 0.3) is 5.69 Å². The number of nitro benzene ring substituents is 1. The van der Waals surface area contributed by atoms with E-state index in [4.69, 9.17) is 21.4 Å². The van der Waals surface area contributed by atoms with Gasteiger partial charge in [-0.05, 0) is 68.0 Å². The zero-order chi connectivity index (χ0) is 25.4. The highest BCUT2D eigenvalue weighted by Crippen LogP contribution is 2.43. The molecule has 4 aromatic rings. The molecule has 0 saturated carbocycles. The van der Waals surface area contributed by atoms with Crippen molar-refractivity contribution in [1.29, 1.82) is 0 Å². The summed E-state index contributed by atoms with van der Waals surface area (Å²) in [6.07, 6.45) is 3.43. The van der Waals surface area contributed by atoms with Gasteiger partial charge in [-0.3, -0.25) is 15.1 Å². The number of aryl methyl sites for hydroxylation is 1. The van der Waals surface area contributed by atoms with Crippen molar-refractivity contribution in [1.82, 2.24) is 19.8 Å². The lowest BCUT2D eigenvalue weighted by Crippen LogP contribution is -2.29. The summed E-state index contributed by atoms with van der Waals surface area (Å²) in [5, 5.41) is 15.4. The Morgan fingerprint density at radius 2 is 2.03 bits per heavy atom. The maximum atomic E-state index is 11.3. The molecule has 0 bridgehead atoms. The van der Waals surface area contributed by atoms with Crippen LogP contribution in [0.15, 0.2) is 71.5 Å². The van der Waals surface area contributed by atoms with E-state index < -0.39 is 4.92 Å². The second-order valence-corrected chi connectivity index (χ2v) is 9.00. The van der Waals surface area contributed by atoms with Crippen LogP contribution in [-0.4, -0.2) is 31.6 Å². The first-order valence-corrected chi connectivity index (χ1v) is 11.8. The van der Waals surface area contributed by atoms with Crippen molar-refractivity contribution in [3.63, 3.8) is 0 Å². The normalized spacial score (nSPS) is 17.3. The quantitative estimate of drug-likeness (QED) is 0.209. The SMILES string of the molecule is COc1cc([N+](=O)[O-])ccc1-n1c(C)cc([C@@H]2[C@@H](c3ccccn3)NC(=S)N2Cc2ccco2)c1C. The van der Waals surface area contributed by atoms with Crippen LogP contribution < -0.4 is 10.1 Å². The lowest BCUT2D eigenvalue weighted by molar-refractivity contribution is -0.384. The van der Waals surface area contributed by atoms with E-state index in [9.17, 15) is 10.1 Å². The Hall–Kier alpha value is -4.18. The first-order valence-electron chi connectivity index (χ1n) is 11.4. The van der Waals surface area contributed by atoms with E-state index in [1.807, 2.05) is 44.2 Å². The number of ether oxygens (including phenoxy) is 1. The second-order valence-electron chi connectivity index (χ2n) is 8.61. The van der Waals surface area contributed by atoms with Gasteiger partial charge in [0.05, 0.1) is 54.4 Å². The molecule has 0 aliphatic carbocycles. The Morgan fingerprint density at radius 1 is 1.19 bits per heavy atom. The van der Waals surface area contributed by atoms with Crippen molar-refractivity contribution in [3.05, 3.63) is 106 Å². The average molecular weight is 504 g/mol. The van der Waals surface area contributed by atoms with Crippen molar-refractivity contribution in [2.24, 2.45) is 0 Å². The number of rotatable bonds is 7. The third kappa shape index (κ3) is 4.09. The fraction of sp³-hybridized carbons (Fsp3) is 0.231. The zero-order valence-electron chi connectivity index (χ0n) is 20.0. The number of nitro groups is 1. The highest BCUT2D eigenvalue weighted by molar-refractivity contribution is 7.80. The molecule has 9 nitrogen and oxygen atoms in total. The van der Waals surface area contributed by atoms with Gasteiger partial charge in [0.15, 0.2) is 5.11 Å². The Kier molecular flexibility index (Phi) is 6.19. The highest BCUT2D eigenvalue weighted by Gasteiger charge is 2.41. The van der Waals surface area contributed by atoms with E-state index in [-0.39, 0.29) is 17.8 Å². The molecule has 10 heteroatoms. The molecule has 5 rings (SSSR count). The molecule has 1 aliphatic heterocycles. The van der Waals surface area contributed by atoms with Crippen LogP contribution in [0.1, 0.15) is 40.5 Å². The summed E-state index contributed by atoms with van der Waals surface area (Å²) in [6, 6.07) is 16.1. The number of thiocarbonyl (C=S) groups is 1. The predicted octanol–water partition coefficient (Wildman–Crippen LogP) is 5.17. The molecule has 2 atom stereocenters. The summed E-state index contributed by atoms with van der Waals surface area (Å²) in [7, 11) is 1.51. The Labute approximate surface area is 213 Å². The van der Waals surface area contributed by atoms with Crippen molar-refractivity contribution < 1.29 is 14.1 Å². The van der Waals surface area contributed by atoms with E-state index in [1.165, 1.54) is 19.2 Å². The number of hydrogen-bond acceptors (Lipinski definition) is 6. The van der Waals surface area contributed by atoms with Crippen molar-refractivity contribution >= 4 is 23.0 Å². The smallest absolute Gasteiger partial charge is 0.273 e. The fourth-order valence-corrected chi connectivity index (χ4v) is 5.21. The van der Waals surface area contributed by atoms with Crippen LogP contribution in [0.3, 0.4) is 0 Å². The number of aromatic nitrogens is 2. The molecule has 0 radical (unpaired) electrons. The van der Waals surface area contributed by atoms with Gasteiger partial charge in [0.2, 0.25) is 0 Å². The predicted molar refractivity (Wildman–Crippen MR) is 138 cm³/mol. The fourth-order valence-electron chi connectivity index (χ4n) is 4.91. The van der Waals surface area contributed by atoms with Gasteiger partial charge < -0.3 is 23.9 Å². The number of non-ortho nitro benzene ring substituents is 1. The second kappa shape index (κ2) is 9.46. The van der Waals surface area contributed by atoms with Crippen LogP contribution in [0.4, 0.5) is 5.69 Å². The molecular weight excluding hydrogens is 478 g/mol. The molecule has 0 unspecified atom stereocenters. The Morgan fingerprint density at radius 3 is 2.69 bits per heavy atom. The van der Waals surface area contributed by atoms with Crippen LogP contribution >= 0.6 is 12.2 Å². The van der Waals surface area contributed by atoms with E-state index in [2.05, 4.69) is 25.8 Å². The minimum atomic E-state index is -0.428. The van der Waals surface area contributed by atoms with Crippen LogP contribution in [0.5, 0.6) is 5.75 Å². The number of hydrogen-bond donors (Lipinski definition) is 1. The minimum absolute atomic E-state index is 0.0246. The lowest BCUT2D eigenvalue weighted by atomic mass is 9.96. The van der Waals surface area contributed by atoms with Crippen LogP contribution in [-0.2, 0) is 6.54 Å². The highest BCUT2D eigenvalue weighted by atomic mass is 32.1. The number of nitrogens with zero attached hydrogens (tertiary/aromatic N) is 4. The van der Waals surface area contributed by atoms with Gasteiger partial charge in [-0.15, -0.1) is 0 Å². The van der Waals surface area contributed by atoms with Gasteiger partial charge in [0, 0.05) is 23.7 Å². The summed E-state index contributed by atoms with van der Waals surface area (Å²) in [5.74, 6) is 1.23.